The summed E-state index contributed by atoms with van der Waals surface area (Å²) in [6.07, 6.45) is 0.791. The molecule has 1 amide bonds. The van der Waals surface area contributed by atoms with Crippen molar-refractivity contribution < 1.29 is 14.3 Å². The van der Waals surface area contributed by atoms with Gasteiger partial charge in [0.1, 0.15) is 11.3 Å². The van der Waals surface area contributed by atoms with Crippen LogP contribution in [0.5, 0.6) is 0 Å². The first-order valence-corrected chi connectivity index (χ1v) is 11.1. The minimum absolute atomic E-state index is 0.191. The van der Waals surface area contributed by atoms with E-state index in [-0.39, 0.29) is 11.7 Å². The first-order chi connectivity index (χ1) is 15.1. The van der Waals surface area contributed by atoms with Crippen LogP contribution in [0.15, 0.2) is 88.9 Å². The predicted octanol–water partition coefficient (Wildman–Crippen LogP) is 5.73. The minimum atomic E-state index is -1.42. The number of para-hydroxylation sites is 1. The van der Waals surface area contributed by atoms with Gasteiger partial charge in [0, 0.05) is 27.7 Å². The average molecular weight is 474 g/mol. The van der Waals surface area contributed by atoms with Crippen LogP contribution in [0.3, 0.4) is 0 Å². The largest absolute Gasteiger partial charge is 0.466 e. The first kappa shape index (κ1) is 19.8. The number of rotatable bonds is 5. The molecule has 0 aliphatic carbocycles. The third-order valence-corrected chi connectivity index (χ3v) is 6.40. The van der Waals surface area contributed by atoms with E-state index in [1.54, 1.807) is 17.0 Å². The highest BCUT2D eigenvalue weighted by atomic mass is 79.9. The number of carbonyl (C=O) groups excluding carboxylic acids is 2. The standard InChI is InChI=1S/C26H20BrNO3/c1-2-16-28-22-19(14-9-15-20(22)27)26(25(28)30)21(23(29)17-10-5-3-6-11-17)24(31-26)18-12-7-4-8-13-18/h3-15H,2,16H2,1H3/t26-/m1/s1. The number of amides is 1. The van der Waals surface area contributed by atoms with Gasteiger partial charge in [-0.2, -0.15) is 0 Å². The van der Waals surface area contributed by atoms with Crippen LogP contribution in [-0.2, 0) is 15.1 Å². The number of benzene rings is 3. The van der Waals surface area contributed by atoms with E-state index in [9.17, 15) is 9.59 Å². The first-order valence-electron chi connectivity index (χ1n) is 10.3. The maximum Gasteiger partial charge on any atom is 0.281 e. The highest BCUT2D eigenvalue weighted by molar-refractivity contribution is 9.10. The third kappa shape index (κ3) is 2.80. The highest BCUT2D eigenvalue weighted by Crippen LogP contribution is 2.59. The summed E-state index contributed by atoms with van der Waals surface area (Å²) < 4.78 is 7.16. The molecule has 1 spiro atoms. The van der Waals surface area contributed by atoms with Crippen LogP contribution in [0.2, 0.25) is 0 Å². The van der Waals surface area contributed by atoms with Crippen LogP contribution >= 0.6 is 15.9 Å². The molecule has 3 aromatic rings. The Kier molecular flexibility index (Phi) is 4.78. The fourth-order valence-electron chi connectivity index (χ4n) is 4.42. The second-order valence-electron chi connectivity index (χ2n) is 7.64. The number of halogens is 1. The zero-order valence-electron chi connectivity index (χ0n) is 17.0. The molecule has 0 unspecified atom stereocenters. The number of hydrogen-bond donors (Lipinski definition) is 0. The lowest BCUT2D eigenvalue weighted by Crippen LogP contribution is -2.51. The van der Waals surface area contributed by atoms with E-state index < -0.39 is 5.60 Å². The van der Waals surface area contributed by atoms with Crippen LogP contribution in [0.25, 0.3) is 5.76 Å². The van der Waals surface area contributed by atoms with Gasteiger partial charge >= 0.3 is 0 Å². The predicted molar refractivity (Wildman–Crippen MR) is 124 cm³/mol. The van der Waals surface area contributed by atoms with Crippen LogP contribution in [0.1, 0.15) is 34.8 Å². The van der Waals surface area contributed by atoms with Crippen molar-refractivity contribution in [2.45, 2.75) is 18.9 Å². The van der Waals surface area contributed by atoms with Crippen molar-refractivity contribution in [2.75, 3.05) is 11.4 Å². The number of ether oxygens (including phenoxy) is 1. The number of hydrogen-bond acceptors (Lipinski definition) is 3. The van der Waals surface area contributed by atoms with Crippen molar-refractivity contribution >= 4 is 39.1 Å². The van der Waals surface area contributed by atoms with Gasteiger partial charge in [0.05, 0.1) is 5.69 Å². The number of fused-ring (bicyclic) bond motifs is 2. The fraction of sp³-hybridized carbons (Fsp3) is 0.154. The second kappa shape index (κ2) is 7.50. The van der Waals surface area contributed by atoms with E-state index in [0.29, 0.717) is 29.0 Å². The number of Topliss-reactive ketones (excluding diaryl/α,β-unsaturated/α-hetero) is 1. The lowest BCUT2D eigenvalue weighted by molar-refractivity contribution is -0.135. The molecule has 2 aliphatic rings. The summed E-state index contributed by atoms with van der Waals surface area (Å²) in [5.41, 5.74) is 1.77. The van der Waals surface area contributed by atoms with Crippen molar-refractivity contribution in [3.63, 3.8) is 0 Å². The topological polar surface area (TPSA) is 46.6 Å². The maximum absolute atomic E-state index is 13.8. The van der Waals surface area contributed by atoms with Gasteiger partial charge in [0.15, 0.2) is 5.78 Å². The summed E-state index contributed by atoms with van der Waals surface area (Å²) in [5.74, 6) is 0.0608. The molecule has 154 valence electrons. The Morgan fingerprint density at radius 2 is 1.65 bits per heavy atom. The number of anilines is 1. The third-order valence-electron chi connectivity index (χ3n) is 5.76. The highest BCUT2D eigenvalue weighted by Gasteiger charge is 2.64. The van der Waals surface area contributed by atoms with Gasteiger partial charge in [-0.15, -0.1) is 0 Å². The molecule has 2 aliphatic heterocycles. The fourth-order valence-corrected chi connectivity index (χ4v) is 5.00. The molecular weight excluding hydrogens is 454 g/mol. The Balaban J connectivity index is 1.76. The quantitative estimate of drug-likeness (QED) is 0.444. The molecule has 31 heavy (non-hydrogen) atoms. The van der Waals surface area contributed by atoms with Gasteiger partial charge in [-0.3, -0.25) is 9.59 Å². The Labute approximate surface area is 189 Å². The Hall–Kier alpha value is -3.18. The molecular formula is C26H20BrNO3. The molecule has 0 fully saturated rings. The van der Waals surface area contributed by atoms with E-state index >= 15 is 0 Å². The van der Waals surface area contributed by atoms with Gasteiger partial charge < -0.3 is 9.64 Å². The molecule has 0 radical (unpaired) electrons. The lowest BCUT2D eigenvalue weighted by atomic mass is 9.76. The normalized spacial score (nSPS) is 19.3. The number of ketones is 1. The maximum atomic E-state index is 13.8. The molecule has 5 rings (SSSR count). The second-order valence-corrected chi connectivity index (χ2v) is 8.50. The molecule has 2 heterocycles. The molecule has 5 heteroatoms. The van der Waals surface area contributed by atoms with Crippen molar-refractivity contribution in [2.24, 2.45) is 0 Å². The molecule has 0 saturated heterocycles. The number of carbonyl (C=O) groups is 2. The summed E-state index contributed by atoms with van der Waals surface area (Å²) in [6.45, 7) is 2.57. The van der Waals surface area contributed by atoms with E-state index in [2.05, 4.69) is 15.9 Å². The lowest BCUT2D eigenvalue weighted by Gasteiger charge is -2.41. The monoisotopic (exact) mass is 473 g/mol. The van der Waals surface area contributed by atoms with E-state index in [0.717, 1.165) is 22.1 Å². The van der Waals surface area contributed by atoms with E-state index in [1.807, 2.05) is 73.7 Å². The Morgan fingerprint density at radius 1 is 0.968 bits per heavy atom. The zero-order valence-corrected chi connectivity index (χ0v) is 18.6. The van der Waals surface area contributed by atoms with Crippen LogP contribution < -0.4 is 4.90 Å². The van der Waals surface area contributed by atoms with Crippen LogP contribution in [0, 0.1) is 0 Å². The summed E-state index contributed by atoms with van der Waals surface area (Å²) in [4.78, 5) is 29.3. The molecule has 0 aromatic heterocycles. The van der Waals surface area contributed by atoms with Crippen LogP contribution in [-0.4, -0.2) is 18.2 Å². The molecule has 0 bridgehead atoms. The van der Waals surface area contributed by atoms with Gasteiger partial charge in [-0.1, -0.05) is 79.7 Å². The van der Waals surface area contributed by atoms with Gasteiger partial charge in [0.25, 0.3) is 5.91 Å². The SMILES string of the molecule is CCCN1C(=O)[C@@]2(OC(c3ccccc3)=C2C(=O)c2ccccc2)c2cccc(Br)c21. The molecule has 3 aromatic carbocycles. The summed E-state index contributed by atoms with van der Waals surface area (Å²) in [7, 11) is 0. The van der Waals surface area contributed by atoms with Crippen molar-refractivity contribution in [3.8, 4) is 0 Å². The number of nitrogens with zero attached hydrogens (tertiary/aromatic N) is 1. The van der Waals surface area contributed by atoms with Gasteiger partial charge in [-0.25, -0.2) is 0 Å². The minimum Gasteiger partial charge on any atom is -0.466 e. The van der Waals surface area contributed by atoms with Crippen molar-refractivity contribution in [1.82, 2.24) is 0 Å². The molecule has 4 nitrogen and oxygen atoms in total. The van der Waals surface area contributed by atoms with Crippen molar-refractivity contribution in [3.05, 3.63) is 106 Å². The summed E-state index contributed by atoms with van der Waals surface area (Å²) >= 11 is 3.60. The zero-order chi connectivity index (χ0) is 21.6. The molecule has 1 atom stereocenters. The van der Waals surface area contributed by atoms with Crippen LogP contribution in [0.4, 0.5) is 5.69 Å². The van der Waals surface area contributed by atoms with Crippen molar-refractivity contribution in [1.29, 1.82) is 0 Å². The Morgan fingerprint density at radius 3 is 2.32 bits per heavy atom. The Bertz CT molecular complexity index is 1220. The molecule has 0 N–H and O–H groups in total. The summed E-state index contributed by atoms with van der Waals surface area (Å²) in [6, 6.07) is 24.2. The smallest absolute Gasteiger partial charge is 0.281 e. The van der Waals surface area contributed by atoms with Gasteiger partial charge in [-0.05, 0) is 28.4 Å². The average Bonchev–Trinajstić information content (AvgIpc) is 3.04. The summed E-state index contributed by atoms with van der Waals surface area (Å²) in [5, 5.41) is 0. The van der Waals surface area contributed by atoms with E-state index in [4.69, 9.17) is 4.74 Å². The van der Waals surface area contributed by atoms with Gasteiger partial charge in [0.2, 0.25) is 5.60 Å². The molecule has 0 saturated carbocycles. The van der Waals surface area contributed by atoms with E-state index in [1.165, 1.54) is 0 Å².